The van der Waals surface area contributed by atoms with Crippen LogP contribution in [0.2, 0.25) is 0 Å². The quantitative estimate of drug-likeness (QED) is 0.462. The Labute approximate surface area is 173 Å². The maximum absolute atomic E-state index is 13.6. The average molecular weight is 404 g/mol. The third-order valence-electron chi connectivity index (χ3n) is 4.73. The molecule has 4 rings (SSSR count). The van der Waals surface area contributed by atoms with Crippen molar-refractivity contribution >= 4 is 32.6 Å². The lowest BCUT2D eigenvalue weighted by Gasteiger charge is -2.21. The lowest BCUT2D eigenvalue weighted by Crippen LogP contribution is -2.31. The number of aromatic nitrogens is 2. The molecule has 2 heterocycles. The summed E-state index contributed by atoms with van der Waals surface area (Å²) in [6.45, 7) is 4.29. The van der Waals surface area contributed by atoms with Crippen molar-refractivity contribution in [2.24, 2.45) is 0 Å². The molecule has 0 radical (unpaired) electrons. The number of rotatable bonds is 5. The van der Waals surface area contributed by atoms with Gasteiger partial charge in [0.25, 0.3) is 5.91 Å². The van der Waals surface area contributed by atoms with Gasteiger partial charge in [0, 0.05) is 11.8 Å². The summed E-state index contributed by atoms with van der Waals surface area (Å²) in [5.41, 5.74) is 4.31. The van der Waals surface area contributed by atoms with Crippen LogP contribution in [-0.2, 0) is 6.54 Å². The number of thiazole rings is 1. The van der Waals surface area contributed by atoms with E-state index in [4.69, 9.17) is 9.72 Å². The molecule has 29 heavy (non-hydrogen) atoms. The topological polar surface area (TPSA) is 55.3 Å². The Morgan fingerprint density at radius 2 is 1.97 bits per heavy atom. The van der Waals surface area contributed by atoms with E-state index in [-0.39, 0.29) is 5.91 Å². The molecule has 1 amide bonds. The summed E-state index contributed by atoms with van der Waals surface area (Å²) in [5, 5.41) is 0.643. The molecule has 2 aromatic carbocycles. The molecule has 0 unspecified atom stereocenters. The van der Waals surface area contributed by atoms with Gasteiger partial charge in [-0.3, -0.25) is 14.7 Å². The molecule has 0 saturated heterocycles. The molecular formula is C23H21N3O2S. The van der Waals surface area contributed by atoms with Crippen molar-refractivity contribution in [3.8, 4) is 5.75 Å². The van der Waals surface area contributed by atoms with Gasteiger partial charge >= 0.3 is 0 Å². The predicted octanol–water partition coefficient (Wildman–Crippen LogP) is 5.16. The first-order valence-corrected chi connectivity index (χ1v) is 10.1. The van der Waals surface area contributed by atoms with Gasteiger partial charge in [-0.25, -0.2) is 4.98 Å². The van der Waals surface area contributed by atoms with E-state index >= 15 is 0 Å². The predicted molar refractivity (Wildman–Crippen MR) is 117 cm³/mol. The average Bonchev–Trinajstić information content (AvgIpc) is 3.16. The van der Waals surface area contributed by atoms with Crippen LogP contribution in [0.3, 0.4) is 0 Å². The van der Waals surface area contributed by atoms with Crippen molar-refractivity contribution < 1.29 is 9.53 Å². The number of pyridine rings is 1. The summed E-state index contributed by atoms with van der Waals surface area (Å²) < 4.78 is 6.29. The first kappa shape index (κ1) is 19.1. The summed E-state index contributed by atoms with van der Waals surface area (Å²) in [5.74, 6) is 0.688. The van der Waals surface area contributed by atoms with E-state index in [0.717, 1.165) is 32.8 Å². The van der Waals surface area contributed by atoms with Crippen molar-refractivity contribution in [1.82, 2.24) is 9.97 Å². The second-order valence-corrected chi connectivity index (χ2v) is 7.87. The van der Waals surface area contributed by atoms with Gasteiger partial charge in [0.2, 0.25) is 0 Å². The molecule has 0 saturated carbocycles. The molecule has 0 spiro atoms. The van der Waals surface area contributed by atoms with E-state index in [0.29, 0.717) is 17.2 Å². The molecular weight excluding hydrogens is 382 g/mol. The van der Waals surface area contributed by atoms with E-state index in [1.54, 1.807) is 18.2 Å². The van der Waals surface area contributed by atoms with Crippen LogP contribution >= 0.6 is 11.3 Å². The van der Waals surface area contributed by atoms with Crippen molar-refractivity contribution in [3.63, 3.8) is 0 Å². The Morgan fingerprint density at radius 3 is 2.72 bits per heavy atom. The Hall–Kier alpha value is -3.25. The largest absolute Gasteiger partial charge is 0.497 e. The Kier molecular flexibility index (Phi) is 5.27. The fraction of sp³-hybridized carbons (Fsp3) is 0.174. The lowest BCUT2D eigenvalue weighted by molar-refractivity contribution is 0.0984. The molecule has 0 N–H and O–H groups in total. The molecule has 6 heteroatoms. The monoisotopic (exact) mass is 403 g/mol. The fourth-order valence-corrected chi connectivity index (χ4v) is 4.12. The number of amides is 1. The minimum atomic E-state index is -0.0807. The molecule has 0 aliphatic heterocycles. The van der Waals surface area contributed by atoms with Crippen molar-refractivity contribution in [2.75, 3.05) is 12.0 Å². The number of hydrogen-bond donors (Lipinski definition) is 0. The number of carbonyl (C=O) groups is 1. The maximum atomic E-state index is 13.6. The maximum Gasteiger partial charge on any atom is 0.260 e. The summed E-state index contributed by atoms with van der Waals surface area (Å²) >= 11 is 1.47. The fourth-order valence-electron chi connectivity index (χ4n) is 3.13. The van der Waals surface area contributed by atoms with E-state index in [9.17, 15) is 4.79 Å². The molecule has 0 aliphatic rings. The van der Waals surface area contributed by atoms with Crippen molar-refractivity contribution in [1.29, 1.82) is 0 Å². The van der Waals surface area contributed by atoms with Gasteiger partial charge in [0.15, 0.2) is 5.13 Å². The number of methoxy groups -OCH3 is 1. The number of fused-ring (bicyclic) bond motifs is 1. The normalized spacial score (nSPS) is 10.9. The number of benzene rings is 2. The summed E-state index contributed by atoms with van der Waals surface area (Å²) in [7, 11) is 1.64. The highest BCUT2D eigenvalue weighted by Gasteiger charge is 2.23. The standard InChI is InChI=1S/C23H21N3O2S/c1-15-7-8-16(2)19(12-15)22(27)26(14-17-6-4-5-11-24-17)23-25-20-10-9-18(28-3)13-21(20)29-23/h4-13H,14H2,1-3H3. The second-order valence-electron chi connectivity index (χ2n) is 6.86. The Bertz CT molecular complexity index is 1170. The zero-order valence-electron chi connectivity index (χ0n) is 16.5. The molecule has 2 aromatic heterocycles. The van der Waals surface area contributed by atoms with Gasteiger partial charge in [0.05, 0.1) is 29.6 Å². The SMILES string of the molecule is COc1ccc2nc(N(Cc3ccccn3)C(=O)c3cc(C)ccc3C)sc2c1. The highest BCUT2D eigenvalue weighted by atomic mass is 32.1. The zero-order valence-corrected chi connectivity index (χ0v) is 17.4. The third-order valence-corrected chi connectivity index (χ3v) is 5.77. The van der Waals surface area contributed by atoms with Crippen molar-refractivity contribution in [2.45, 2.75) is 20.4 Å². The molecule has 146 valence electrons. The minimum absolute atomic E-state index is 0.0807. The van der Waals surface area contributed by atoms with E-state index in [2.05, 4.69) is 4.98 Å². The summed E-state index contributed by atoms with van der Waals surface area (Å²) in [4.78, 5) is 24.4. The molecule has 5 nitrogen and oxygen atoms in total. The van der Waals surface area contributed by atoms with Crippen LogP contribution < -0.4 is 9.64 Å². The molecule has 0 bridgehead atoms. The molecule has 4 aromatic rings. The van der Waals surface area contributed by atoms with Crippen LogP contribution in [0.1, 0.15) is 27.2 Å². The highest BCUT2D eigenvalue weighted by molar-refractivity contribution is 7.22. The Balaban J connectivity index is 1.79. The lowest BCUT2D eigenvalue weighted by atomic mass is 10.0. The smallest absolute Gasteiger partial charge is 0.260 e. The highest BCUT2D eigenvalue weighted by Crippen LogP contribution is 2.33. The van der Waals surface area contributed by atoms with Gasteiger partial charge in [-0.1, -0.05) is 35.1 Å². The van der Waals surface area contributed by atoms with Gasteiger partial charge < -0.3 is 4.74 Å². The van der Waals surface area contributed by atoms with E-state index < -0.39 is 0 Å². The van der Waals surface area contributed by atoms with Crippen LogP contribution in [-0.4, -0.2) is 23.0 Å². The number of ether oxygens (including phenoxy) is 1. The van der Waals surface area contributed by atoms with Gasteiger partial charge in [-0.15, -0.1) is 0 Å². The van der Waals surface area contributed by atoms with Crippen LogP contribution in [0, 0.1) is 13.8 Å². The molecule has 0 fully saturated rings. The first-order valence-electron chi connectivity index (χ1n) is 9.29. The van der Waals surface area contributed by atoms with Gasteiger partial charge in [0.1, 0.15) is 5.75 Å². The Morgan fingerprint density at radius 1 is 1.10 bits per heavy atom. The number of hydrogen-bond acceptors (Lipinski definition) is 5. The molecule has 0 atom stereocenters. The van der Waals surface area contributed by atoms with Crippen LogP contribution in [0.5, 0.6) is 5.75 Å². The molecule has 0 aliphatic carbocycles. The summed E-state index contributed by atoms with van der Waals surface area (Å²) in [6.07, 6.45) is 1.74. The van der Waals surface area contributed by atoms with E-state index in [1.807, 2.05) is 68.4 Å². The van der Waals surface area contributed by atoms with E-state index in [1.165, 1.54) is 11.3 Å². The van der Waals surface area contributed by atoms with Crippen LogP contribution in [0.15, 0.2) is 60.8 Å². The van der Waals surface area contributed by atoms with Crippen LogP contribution in [0.25, 0.3) is 10.2 Å². The first-order chi connectivity index (χ1) is 14.0. The summed E-state index contributed by atoms with van der Waals surface area (Å²) in [6, 6.07) is 17.4. The van der Waals surface area contributed by atoms with Crippen molar-refractivity contribution in [3.05, 3.63) is 83.2 Å². The van der Waals surface area contributed by atoms with Crippen LogP contribution in [0.4, 0.5) is 5.13 Å². The second kappa shape index (κ2) is 8.01. The van der Waals surface area contributed by atoms with Gasteiger partial charge in [-0.05, 0) is 55.8 Å². The zero-order chi connectivity index (χ0) is 20.4. The number of anilines is 1. The number of aryl methyl sites for hydroxylation is 2. The van der Waals surface area contributed by atoms with Gasteiger partial charge in [-0.2, -0.15) is 0 Å². The number of carbonyl (C=O) groups excluding carboxylic acids is 1. The number of nitrogens with zero attached hydrogens (tertiary/aromatic N) is 3. The minimum Gasteiger partial charge on any atom is -0.497 e. The third kappa shape index (κ3) is 3.98.